The van der Waals surface area contributed by atoms with Crippen molar-refractivity contribution in [2.45, 2.75) is 6.54 Å². The number of nitrogens with zero attached hydrogens (tertiary/aromatic N) is 5. The van der Waals surface area contributed by atoms with Crippen LogP contribution in [0.15, 0.2) is 51.0 Å². The van der Waals surface area contributed by atoms with E-state index < -0.39 is 0 Å². The van der Waals surface area contributed by atoms with E-state index in [0.717, 1.165) is 4.88 Å². The number of benzene rings is 1. The van der Waals surface area contributed by atoms with Crippen LogP contribution in [0.25, 0.3) is 21.7 Å². The molecule has 0 aliphatic rings. The summed E-state index contributed by atoms with van der Waals surface area (Å²) in [6.07, 6.45) is 0. The molecule has 0 saturated carbocycles. The zero-order chi connectivity index (χ0) is 14.9. The van der Waals surface area contributed by atoms with Gasteiger partial charge in [0.2, 0.25) is 5.89 Å². The Morgan fingerprint density at radius 2 is 2.00 bits per heavy atom. The molecule has 0 fully saturated rings. The van der Waals surface area contributed by atoms with Crippen LogP contribution in [0.5, 0.6) is 0 Å². The third-order valence-electron chi connectivity index (χ3n) is 3.11. The van der Waals surface area contributed by atoms with Crippen molar-refractivity contribution in [2.75, 3.05) is 0 Å². The van der Waals surface area contributed by atoms with Gasteiger partial charge in [-0.3, -0.25) is 4.79 Å². The molecule has 0 unspecified atom stereocenters. The molecule has 4 aromatic rings. The Morgan fingerprint density at radius 3 is 2.86 bits per heavy atom. The third-order valence-corrected chi connectivity index (χ3v) is 3.97. The van der Waals surface area contributed by atoms with Gasteiger partial charge in [-0.1, -0.05) is 23.4 Å². The second-order valence-electron chi connectivity index (χ2n) is 4.55. The second-order valence-corrected chi connectivity index (χ2v) is 5.50. The molecule has 0 saturated heterocycles. The van der Waals surface area contributed by atoms with Gasteiger partial charge in [0.15, 0.2) is 0 Å². The van der Waals surface area contributed by atoms with E-state index in [-0.39, 0.29) is 12.1 Å². The average Bonchev–Trinajstić information content (AvgIpc) is 3.21. The summed E-state index contributed by atoms with van der Waals surface area (Å²) in [4.78, 5) is 13.2. The topological polar surface area (TPSA) is 86.7 Å². The molecule has 22 heavy (non-hydrogen) atoms. The lowest BCUT2D eigenvalue weighted by Crippen LogP contribution is -2.24. The fourth-order valence-corrected chi connectivity index (χ4v) is 2.72. The molecular formula is C14H9N5O2S. The maximum atomic E-state index is 12.3. The first kappa shape index (κ1) is 12.8. The first-order valence-corrected chi connectivity index (χ1v) is 7.38. The van der Waals surface area contributed by atoms with Crippen LogP contribution in [0.4, 0.5) is 0 Å². The first-order chi connectivity index (χ1) is 10.8. The summed E-state index contributed by atoms with van der Waals surface area (Å²) < 4.78 is 6.78. The van der Waals surface area contributed by atoms with E-state index in [2.05, 4.69) is 20.5 Å². The van der Waals surface area contributed by atoms with Crippen molar-refractivity contribution in [3.05, 3.63) is 58.0 Å². The van der Waals surface area contributed by atoms with Gasteiger partial charge in [0, 0.05) is 0 Å². The van der Waals surface area contributed by atoms with Gasteiger partial charge in [-0.15, -0.1) is 26.6 Å². The molecule has 0 N–H and O–H groups in total. The minimum absolute atomic E-state index is 0.0923. The molecule has 0 atom stereocenters. The number of rotatable bonds is 3. The van der Waals surface area contributed by atoms with Crippen molar-refractivity contribution < 1.29 is 4.42 Å². The van der Waals surface area contributed by atoms with Gasteiger partial charge in [-0.25, -0.2) is 4.68 Å². The Hall–Kier alpha value is -2.87. The Bertz CT molecular complexity index is 990. The van der Waals surface area contributed by atoms with Gasteiger partial charge in [0.25, 0.3) is 11.4 Å². The maximum Gasteiger partial charge on any atom is 0.278 e. The summed E-state index contributed by atoms with van der Waals surface area (Å²) in [7, 11) is 0. The minimum atomic E-state index is -0.235. The molecule has 3 aromatic heterocycles. The molecule has 1 aromatic carbocycles. The van der Waals surface area contributed by atoms with Crippen LogP contribution in [-0.4, -0.2) is 25.2 Å². The molecule has 0 bridgehead atoms. The van der Waals surface area contributed by atoms with Crippen molar-refractivity contribution >= 4 is 22.2 Å². The predicted octanol–water partition coefficient (Wildman–Crippen LogP) is 1.95. The Morgan fingerprint density at radius 1 is 1.09 bits per heavy atom. The highest BCUT2D eigenvalue weighted by Crippen LogP contribution is 2.22. The summed E-state index contributed by atoms with van der Waals surface area (Å²) in [6, 6.07) is 10.9. The van der Waals surface area contributed by atoms with Crippen molar-refractivity contribution in [3.8, 4) is 10.8 Å². The highest BCUT2D eigenvalue weighted by Gasteiger charge is 2.12. The zero-order valence-electron chi connectivity index (χ0n) is 11.2. The summed E-state index contributed by atoms with van der Waals surface area (Å²) in [5.41, 5.74) is 0.329. The SMILES string of the molecule is O=c1c2ccccc2nnn1Cc1nnc(-c2cccs2)o1. The first-order valence-electron chi connectivity index (χ1n) is 6.50. The summed E-state index contributed by atoms with van der Waals surface area (Å²) in [5.74, 6) is 0.752. The molecule has 8 heteroatoms. The molecule has 0 radical (unpaired) electrons. The highest BCUT2D eigenvalue weighted by atomic mass is 32.1. The number of thiophene rings is 1. The summed E-state index contributed by atoms with van der Waals surface area (Å²) >= 11 is 1.51. The molecule has 3 heterocycles. The zero-order valence-corrected chi connectivity index (χ0v) is 12.0. The predicted molar refractivity (Wildman–Crippen MR) is 80.5 cm³/mol. The third kappa shape index (κ3) is 2.19. The standard InChI is InChI=1S/C14H9N5O2S/c20-14-9-4-1-2-5-10(9)15-18-19(14)8-12-16-17-13(21-12)11-6-3-7-22-11/h1-7H,8H2. The molecule has 0 aliphatic heterocycles. The van der Waals surface area contributed by atoms with Crippen LogP contribution in [-0.2, 0) is 6.54 Å². The van der Waals surface area contributed by atoms with E-state index in [1.807, 2.05) is 23.6 Å². The van der Waals surface area contributed by atoms with Crippen LogP contribution < -0.4 is 5.56 Å². The molecule has 7 nitrogen and oxygen atoms in total. The van der Waals surface area contributed by atoms with Crippen molar-refractivity contribution in [3.63, 3.8) is 0 Å². The van der Waals surface area contributed by atoms with Crippen LogP contribution in [0.2, 0.25) is 0 Å². The number of hydrogen-bond acceptors (Lipinski definition) is 7. The molecule has 108 valence electrons. The summed E-state index contributed by atoms with van der Waals surface area (Å²) in [6.45, 7) is 0.0923. The van der Waals surface area contributed by atoms with Gasteiger partial charge >= 0.3 is 0 Å². The lowest BCUT2D eigenvalue weighted by atomic mass is 10.2. The van der Waals surface area contributed by atoms with E-state index in [1.54, 1.807) is 18.2 Å². The van der Waals surface area contributed by atoms with E-state index in [1.165, 1.54) is 16.0 Å². The maximum absolute atomic E-state index is 12.3. The van der Waals surface area contributed by atoms with E-state index in [9.17, 15) is 4.79 Å². The number of aromatic nitrogens is 5. The normalized spacial score (nSPS) is 11.1. The molecular weight excluding hydrogens is 302 g/mol. The Balaban J connectivity index is 1.69. The average molecular weight is 311 g/mol. The van der Waals surface area contributed by atoms with Gasteiger partial charge in [-0.05, 0) is 23.6 Å². The van der Waals surface area contributed by atoms with Crippen LogP contribution in [0, 0.1) is 0 Å². The number of hydrogen-bond donors (Lipinski definition) is 0. The lowest BCUT2D eigenvalue weighted by molar-refractivity contribution is 0.458. The van der Waals surface area contributed by atoms with Gasteiger partial charge < -0.3 is 4.42 Å². The van der Waals surface area contributed by atoms with E-state index in [4.69, 9.17) is 4.42 Å². The van der Waals surface area contributed by atoms with Crippen LogP contribution >= 0.6 is 11.3 Å². The minimum Gasteiger partial charge on any atom is -0.418 e. The second kappa shape index (κ2) is 5.15. The van der Waals surface area contributed by atoms with E-state index in [0.29, 0.717) is 22.7 Å². The summed E-state index contributed by atoms with van der Waals surface area (Å²) in [5, 5.41) is 18.3. The van der Waals surface area contributed by atoms with Crippen molar-refractivity contribution in [2.24, 2.45) is 0 Å². The molecule has 0 amide bonds. The molecule has 4 rings (SSSR count). The van der Waals surface area contributed by atoms with Crippen molar-refractivity contribution in [1.82, 2.24) is 25.2 Å². The largest absolute Gasteiger partial charge is 0.418 e. The van der Waals surface area contributed by atoms with Gasteiger partial charge in [0.05, 0.1) is 10.3 Å². The lowest BCUT2D eigenvalue weighted by Gasteiger charge is -2.01. The van der Waals surface area contributed by atoms with Crippen molar-refractivity contribution in [1.29, 1.82) is 0 Å². The van der Waals surface area contributed by atoms with Gasteiger partial charge in [0.1, 0.15) is 12.1 Å². The van der Waals surface area contributed by atoms with Crippen LogP contribution in [0.3, 0.4) is 0 Å². The smallest absolute Gasteiger partial charge is 0.278 e. The quantitative estimate of drug-likeness (QED) is 0.575. The van der Waals surface area contributed by atoms with Crippen LogP contribution in [0.1, 0.15) is 5.89 Å². The Kier molecular flexibility index (Phi) is 3.01. The molecule has 0 aliphatic carbocycles. The highest BCUT2D eigenvalue weighted by molar-refractivity contribution is 7.13. The fraction of sp³-hybridized carbons (Fsp3) is 0.0714. The fourth-order valence-electron chi connectivity index (χ4n) is 2.07. The Labute approximate surface area is 127 Å². The van der Waals surface area contributed by atoms with Gasteiger partial charge in [-0.2, -0.15) is 0 Å². The van der Waals surface area contributed by atoms with E-state index >= 15 is 0 Å². The number of fused-ring (bicyclic) bond motifs is 1. The molecule has 0 spiro atoms. The monoisotopic (exact) mass is 311 g/mol.